The van der Waals surface area contributed by atoms with Crippen LogP contribution in [0.3, 0.4) is 0 Å². The summed E-state index contributed by atoms with van der Waals surface area (Å²) in [6, 6.07) is 3.20. The van der Waals surface area contributed by atoms with Gasteiger partial charge in [0.1, 0.15) is 0 Å². The van der Waals surface area contributed by atoms with Gasteiger partial charge in [0, 0.05) is 16.6 Å². The number of nitrogens with two attached hydrogens (primary N) is 2. The van der Waals surface area contributed by atoms with Gasteiger partial charge in [-0.15, -0.1) is 12.4 Å². The summed E-state index contributed by atoms with van der Waals surface area (Å²) in [6.07, 6.45) is 2.71. The highest BCUT2D eigenvalue weighted by atomic mass is 35.5. The van der Waals surface area contributed by atoms with Crippen LogP contribution < -0.4 is 11.5 Å². The van der Waals surface area contributed by atoms with E-state index >= 15 is 0 Å². The van der Waals surface area contributed by atoms with Crippen LogP contribution in [0.15, 0.2) is 12.1 Å². The summed E-state index contributed by atoms with van der Waals surface area (Å²) >= 11 is 18.1. The molecular weight excluding hydrogens is 302 g/mol. The Bertz CT molecular complexity index is 358. The van der Waals surface area contributed by atoms with Crippen molar-refractivity contribution in [3.05, 3.63) is 32.8 Å². The third kappa shape index (κ3) is 4.82. The van der Waals surface area contributed by atoms with Crippen LogP contribution in [0, 0.1) is 0 Å². The molecule has 2 nitrogen and oxygen atoms in total. The summed E-state index contributed by atoms with van der Waals surface area (Å²) in [4.78, 5) is 0. The molecule has 0 aliphatic heterocycles. The Morgan fingerprint density at radius 3 is 2.24 bits per heavy atom. The van der Waals surface area contributed by atoms with E-state index in [0.29, 0.717) is 21.6 Å². The van der Waals surface area contributed by atoms with Gasteiger partial charge < -0.3 is 11.5 Å². The van der Waals surface area contributed by atoms with Crippen LogP contribution in [-0.4, -0.2) is 6.54 Å². The van der Waals surface area contributed by atoms with Gasteiger partial charge in [-0.25, -0.2) is 0 Å². The van der Waals surface area contributed by atoms with Crippen molar-refractivity contribution in [1.29, 1.82) is 0 Å². The van der Waals surface area contributed by atoms with Crippen molar-refractivity contribution in [2.24, 2.45) is 11.5 Å². The van der Waals surface area contributed by atoms with E-state index in [1.807, 2.05) is 0 Å². The second-order valence-electron chi connectivity index (χ2n) is 3.65. The molecule has 0 saturated carbocycles. The standard InChI is InChI=1S/C11H15Cl3N2.ClH/c12-7-4-5-8(13)11(14)10(7)9(16)3-1-2-6-15;/h4-5,9H,1-3,6,15-16H2;1H/t9-;/m0./s1. The summed E-state index contributed by atoms with van der Waals surface area (Å²) in [5.41, 5.74) is 12.2. The molecule has 1 rings (SSSR count). The van der Waals surface area contributed by atoms with Gasteiger partial charge in [0.15, 0.2) is 0 Å². The average Bonchev–Trinajstić information content (AvgIpc) is 2.24. The Morgan fingerprint density at radius 2 is 1.65 bits per heavy atom. The SMILES string of the molecule is Cl.NCCCC[C@H](N)c1c(Cl)ccc(Cl)c1Cl. The molecule has 98 valence electrons. The van der Waals surface area contributed by atoms with Gasteiger partial charge in [-0.05, 0) is 31.5 Å². The summed E-state index contributed by atoms with van der Waals surface area (Å²) in [6.45, 7) is 0.670. The minimum absolute atomic E-state index is 0. The molecule has 0 spiro atoms. The van der Waals surface area contributed by atoms with E-state index in [4.69, 9.17) is 46.3 Å². The van der Waals surface area contributed by atoms with E-state index in [0.717, 1.165) is 24.8 Å². The number of benzene rings is 1. The summed E-state index contributed by atoms with van der Waals surface area (Å²) in [7, 11) is 0. The molecule has 0 saturated heterocycles. The highest BCUT2D eigenvalue weighted by Crippen LogP contribution is 2.36. The normalized spacial score (nSPS) is 12.1. The van der Waals surface area contributed by atoms with E-state index in [2.05, 4.69) is 0 Å². The molecule has 0 bridgehead atoms. The first-order chi connectivity index (χ1) is 7.57. The second kappa shape index (κ2) is 8.41. The minimum Gasteiger partial charge on any atom is -0.330 e. The van der Waals surface area contributed by atoms with E-state index in [1.54, 1.807) is 12.1 Å². The zero-order valence-corrected chi connectivity index (χ0v) is 12.3. The van der Waals surface area contributed by atoms with Gasteiger partial charge >= 0.3 is 0 Å². The lowest BCUT2D eigenvalue weighted by atomic mass is 10.0. The molecule has 6 heteroatoms. The molecule has 1 atom stereocenters. The molecule has 4 N–H and O–H groups in total. The van der Waals surface area contributed by atoms with Crippen LogP contribution in [0.1, 0.15) is 30.9 Å². The maximum Gasteiger partial charge on any atom is 0.0654 e. The summed E-state index contributed by atoms with van der Waals surface area (Å²) in [5.74, 6) is 0. The fourth-order valence-electron chi connectivity index (χ4n) is 1.54. The minimum atomic E-state index is -0.190. The summed E-state index contributed by atoms with van der Waals surface area (Å²) < 4.78 is 0. The first kappa shape index (κ1) is 17.3. The fourth-order valence-corrected chi connectivity index (χ4v) is 2.35. The van der Waals surface area contributed by atoms with Crippen molar-refractivity contribution in [1.82, 2.24) is 0 Å². The Hall–Kier alpha value is 0.300. The molecule has 0 aliphatic carbocycles. The van der Waals surface area contributed by atoms with Gasteiger partial charge in [-0.1, -0.05) is 41.2 Å². The molecular formula is C11H16Cl4N2. The van der Waals surface area contributed by atoms with E-state index in [9.17, 15) is 0 Å². The Labute approximate surface area is 123 Å². The molecule has 0 unspecified atom stereocenters. The highest BCUT2D eigenvalue weighted by Gasteiger charge is 2.16. The molecule has 0 amide bonds. The molecule has 0 aromatic heterocycles. The molecule has 0 heterocycles. The number of rotatable bonds is 5. The largest absolute Gasteiger partial charge is 0.330 e. The first-order valence-corrected chi connectivity index (χ1v) is 6.30. The Balaban J connectivity index is 0.00000256. The Kier molecular flexibility index (Phi) is 8.56. The number of unbranched alkanes of at least 4 members (excludes halogenated alkanes) is 1. The molecule has 0 radical (unpaired) electrons. The fraction of sp³-hybridized carbons (Fsp3) is 0.455. The number of hydrogen-bond donors (Lipinski definition) is 2. The smallest absolute Gasteiger partial charge is 0.0654 e. The van der Waals surface area contributed by atoms with Gasteiger partial charge in [0.2, 0.25) is 0 Å². The highest BCUT2D eigenvalue weighted by molar-refractivity contribution is 6.44. The quantitative estimate of drug-likeness (QED) is 0.631. The van der Waals surface area contributed by atoms with Crippen molar-refractivity contribution in [3.63, 3.8) is 0 Å². The molecule has 17 heavy (non-hydrogen) atoms. The topological polar surface area (TPSA) is 52.0 Å². The predicted molar refractivity (Wildman–Crippen MR) is 78.6 cm³/mol. The van der Waals surface area contributed by atoms with Gasteiger partial charge in [0.25, 0.3) is 0 Å². The Morgan fingerprint density at radius 1 is 1.06 bits per heavy atom. The second-order valence-corrected chi connectivity index (χ2v) is 4.84. The lowest BCUT2D eigenvalue weighted by Gasteiger charge is -2.16. The first-order valence-electron chi connectivity index (χ1n) is 5.17. The van der Waals surface area contributed by atoms with E-state index < -0.39 is 0 Å². The maximum atomic E-state index is 6.09. The van der Waals surface area contributed by atoms with E-state index in [-0.39, 0.29) is 18.4 Å². The summed E-state index contributed by atoms with van der Waals surface area (Å²) in [5, 5.41) is 1.50. The van der Waals surface area contributed by atoms with Gasteiger partial charge in [0.05, 0.1) is 10.0 Å². The van der Waals surface area contributed by atoms with Crippen molar-refractivity contribution in [2.45, 2.75) is 25.3 Å². The number of hydrogen-bond acceptors (Lipinski definition) is 2. The molecule has 0 fully saturated rings. The zero-order chi connectivity index (χ0) is 12.1. The predicted octanol–water partition coefficient (Wildman–Crippen LogP) is 4.20. The lowest BCUT2D eigenvalue weighted by molar-refractivity contribution is 0.591. The molecule has 0 aliphatic rings. The van der Waals surface area contributed by atoms with Crippen LogP contribution in [-0.2, 0) is 0 Å². The van der Waals surface area contributed by atoms with Crippen LogP contribution in [0.5, 0.6) is 0 Å². The van der Waals surface area contributed by atoms with Crippen molar-refractivity contribution in [3.8, 4) is 0 Å². The van der Waals surface area contributed by atoms with Gasteiger partial charge in [-0.2, -0.15) is 0 Å². The van der Waals surface area contributed by atoms with E-state index in [1.165, 1.54) is 0 Å². The molecule has 1 aromatic carbocycles. The van der Waals surface area contributed by atoms with Crippen LogP contribution in [0.25, 0.3) is 0 Å². The third-order valence-corrected chi connectivity index (χ3v) is 3.57. The average molecular weight is 318 g/mol. The van der Waals surface area contributed by atoms with Crippen LogP contribution >= 0.6 is 47.2 Å². The van der Waals surface area contributed by atoms with Crippen LogP contribution in [0.4, 0.5) is 0 Å². The lowest BCUT2D eigenvalue weighted by Crippen LogP contribution is -2.12. The monoisotopic (exact) mass is 316 g/mol. The zero-order valence-electron chi connectivity index (χ0n) is 9.26. The van der Waals surface area contributed by atoms with Crippen molar-refractivity contribution in [2.75, 3.05) is 6.54 Å². The van der Waals surface area contributed by atoms with Crippen molar-refractivity contribution < 1.29 is 0 Å². The number of halogens is 4. The third-order valence-electron chi connectivity index (χ3n) is 2.42. The van der Waals surface area contributed by atoms with Crippen molar-refractivity contribution >= 4 is 47.2 Å². The van der Waals surface area contributed by atoms with Gasteiger partial charge in [-0.3, -0.25) is 0 Å². The maximum absolute atomic E-state index is 6.09. The van der Waals surface area contributed by atoms with Crippen LogP contribution in [0.2, 0.25) is 15.1 Å². The molecule has 1 aromatic rings.